The van der Waals surface area contributed by atoms with Gasteiger partial charge in [0.05, 0.1) is 5.54 Å². The van der Waals surface area contributed by atoms with Gasteiger partial charge in [-0.05, 0) is 51.0 Å². The molecule has 0 fully saturated rings. The highest BCUT2D eigenvalue weighted by Crippen LogP contribution is 2.15. The summed E-state index contributed by atoms with van der Waals surface area (Å²) < 4.78 is 0. The number of benzene rings is 1. The second-order valence-electron chi connectivity index (χ2n) is 4.43. The van der Waals surface area contributed by atoms with Crippen LogP contribution in [0.3, 0.4) is 0 Å². The fraction of sp³-hybridized carbons (Fsp3) is 0.417. The van der Waals surface area contributed by atoms with Crippen LogP contribution in [0.25, 0.3) is 0 Å². The highest BCUT2D eigenvalue weighted by Gasteiger charge is 2.05. The Hall–Kier alpha value is -0.820. The van der Waals surface area contributed by atoms with E-state index >= 15 is 0 Å². The Morgan fingerprint density at radius 3 is 2.50 bits per heavy atom. The van der Waals surface area contributed by atoms with Crippen molar-refractivity contribution in [1.82, 2.24) is 0 Å². The summed E-state index contributed by atoms with van der Waals surface area (Å²) in [6, 6.07) is 5.84. The van der Waals surface area contributed by atoms with Crippen molar-refractivity contribution in [2.24, 2.45) is 4.99 Å². The first kappa shape index (κ1) is 11.3. The molecule has 0 N–H and O–H groups in total. The number of hydrogen-bond donors (Lipinski definition) is 0. The van der Waals surface area contributed by atoms with Gasteiger partial charge in [-0.3, -0.25) is 4.99 Å². The van der Waals surface area contributed by atoms with E-state index in [0.29, 0.717) is 0 Å². The summed E-state index contributed by atoms with van der Waals surface area (Å²) in [7, 11) is 0. The largest absolute Gasteiger partial charge is 0.287 e. The second kappa shape index (κ2) is 4.14. The Balaban J connectivity index is 2.97. The van der Waals surface area contributed by atoms with Crippen LogP contribution in [0.15, 0.2) is 23.2 Å². The van der Waals surface area contributed by atoms with Gasteiger partial charge in [-0.1, -0.05) is 17.7 Å². The molecular formula is C12H16ClN. The Kier molecular flexibility index (Phi) is 3.33. The quantitative estimate of drug-likeness (QED) is 0.623. The van der Waals surface area contributed by atoms with E-state index in [1.165, 1.54) is 5.56 Å². The van der Waals surface area contributed by atoms with Crippen LogP contribution in [0.2, 0.25) is 5.02 Å². The molecule has 1 aromatic carbocycles. The molecule has 0 aliphatic rings. The molecule has 0 aliphatic carbocycles. The van der Waals surface area contributed by atoms with E-state index in [4.69, 9.17) is 11.6 Å². The number of halogens is 1. The van der Waals surface area contributed by atoms with Crippen LogP contribution in [-0.2, 0) is 0 Å². The lowest BCUT2D eigenvalue weighted by Gasteiger charge is -2.11. The molecule has 0 bridgehead atoms. The average molecular weight is 210 g/mol. The van der Waals surface area contributed by atoms with Gasteiger partial charge in [0.1, 0.15) is 0 Å². The molecule has 0 unspecified atom stereocenters. The average Bonchev–Trinajstić information content (AvgIpc) is 2.05. The smallest absolute Gasteiger partial charge is 0.0524 e. The van der Waals surface area contributed by atoms with Crippen molar-refractivity contribution in [3.05, 3.63) is 34.3 Å². The third-order valence-electron chi connectivity index (χ3n) is 1.83. The molecule has 2 heteroatoms. The Labute approximate surface area is 90.8 Å². The number of rotatable bonds is 1. The molecule has 14 heavy (non-hydrogen) atoms. The van der Waals surface area contributed by atoms with E-state index in [1.54, 1.807) is 0 Å². The number of nitrogens with zero attached hydrogens (tertiary/aromatic N) is 1. The van der Waals surface area contributed by atoms with Crippen LogP contribution in [0.4, 0.5) is 0 Å². The van der Waals surface area contributed by atoms with Crippen molar-refractivity contribution < 1.29 is 0 Å². The van der Waals surface area contributed by atoms with Crippen LogP contribution < -0.4 is 0 Å². The maximum atomic E-state index is 5.91. The number of hydrogen-bond acceptors (Lipinski definition) is 1. The number of aryl methyl sites for hydroxylation is 1. The van der Waals surface area contributed by atoms with Crippen molar-refractivity contribution in [1.29, 1.82) is 0 Å². The van der Waals surface area contributed by atoms with E-state index < -0.39 is 0 Å². The first-order valence-corrected chi connectivity index (χ1v) is 5.08. The minimum absolute atomic E-state index is 0.0330. The highest BCUT2D eigenvalue weighted by atomic mass is 35.5. The topological polar surface area (TPSA) is 12.4 Å². The molecule has 1 rings (SSSR count). The molecule has 0 spiro atoms. The van der Waals surface area contributed by atoms with Crippen LogP contribution in [0.1, 0.15) is 31.9 Å². The summed E-state index contributed by atoms with van der Waals surface area (Å²) in [5.74, 6) is 0. The summed E-state index contributed by atoms with van der Waals surface area (Å²) in [6.45, 7) is 8.27. The molecule has 0 aliphatic heterocycles. The fourth-order valence-electron chi connectivity index (χ4n) is 1.01. The lowest BCUT2D eigenvalue weighted by molar-refractivity contribution is 0.586. The first-order valence-electron chi connectivity index (χ1n) is 4.70. The summed E-state index contributed by atoms with van der Waals surface area (Å²) in [6.07, 6.45) is 1.89. The zero-order chi connectivity index (χ0) is 10.8. The van der Waals surface area contributed by atoms with E-state index in [1.807, 2.05) is 24.4 Å². The van der Waals surface area contributed by atoms with E-state index in [0.717, 1.165) is 10.6 Å². The van der Waals surface area contributed by atoms with E-state index in [2.05, 4.69) is 32.7 Å². The summed E-state index contributed by atoms with van der Waals surface area (Å²) in [4.78, 5) is 4.45. The summed E-state index contributed by atoms with van der Waals surface area (Å²) in [5, 5.41) is 0.756. The van der Waals surface area contributed by atoms with Gasteiger partial charge >= 0.3 is 0 Å². The predicted molar refractivity (Wildman–Crippen MR) is 63.5 cm³/mol. The van der Waals surface area contributed by atoms with Gasteiger partial charge in [0.15, 0.2) is 0 Å². The standard InChI is InChI=1S/C12H16ClN/c1-9-5-6-11(13)7-10(9)8-14-12(2,3)4/h5-8H,1-4H3/b14-8+. The van der Waals surface area contributed by atoms with Crippen molar-refractivity contribution >= 4 is 17.8 Å². The molecule has 0 atom stereocenters. The van der Waals surface area contributed by atoms with E-state index in [-0.39, 0.29) is 5.54 Å². The molecule has 0 heterocycles. The molecule has 0 amide bonds. The van der Waals surface area contributed by atoms with Gasteiger partial charge in [-0.2, -0.15) is 0 Å². The predicted octanol–water partition coefficient (Wildman–Crippen LogP) is 3.87. The van der Waals surface area contributed by atoms with Crippen LogP contribution in [0, 0.1) is 6.92 Å². The van der Waals surface area contributed by atoms with Crippen molar-refractivity contribution in [3.63, 3.8) is 0 Å². The fourth-order valence-corrected chi connectivity index (χ4v) is 1.19. The first-order chi connectivity index (χ1) is 6.38. The van der Waals surface area contributed by atoms with Crippen LogP contribution >= 0.6 is 11.6 Å². The van der Waals surface area contributed by atoms with Gasteiger partial charge < -0.3 is 0 Å². The maximum absolute atomic E-state index is 5.91. The minimum Gasteiger partial charge on any atom is -0.287 e. The highest BCUT2D eigenvalue weighted by molar-refractivity contribution is 6.30. The second-order valence-corrected chi connectivity index (χ2v) is 4.87. The molecule has 0 aromatic heterocycles. The molecule has 76 valence electrons. The molecule has 1 aromatic rings. The SMILES string of the molecule is Cc1ccc(Cl)cc1/C=N/C(C)(C)C. The maximum Gasteiger partial charge on any atom is 0.0524 e. The van der Waals surface area contributed by atoms with Crippen molar-refractivity contribution in [2.45, 2.75) is 33.2 Å². The summed E-state index contributed by atoms with van der Waals surface area (Å²) >= 11 is 5.91. The third kappa shape index (κ3) is 3.51. The Morgan fingerprint density at radius 2 is 1.93 bits per heavy atom. The Bertz CT molecular complexity index is 348. The molecular weight excluding hydrogens is 194 g/mol. The van der Waals surface area contributed by atoms with Gasteiger partial charge in [-0.25, -0.2) is 0 Å². The van der Waals surface area contributed by atoms with Gasteiger partial charge in [0, 0.05) is 11.2 Å². The minimum atomic E-state index is -0.0330. The number of aliphatic imine (C=N–C) groups is 1. The van der Waals surface area contributed by atoms with Gasteiger partial charge in [0.2, 0.25) is 0 Å². The van der Waals surface area contributed by atoms with E-state index in [9.17, 15) is 0 Å². The zero-order valence-corrected chi connectivity index (χ0v) is 9.89. The lowest BCUT2D eigenvalue weighted by atomic mass is 10.1. The Morgan fingerprint density at radius 1 is 1.29 bits per heavy atom. The van der Waals surface area contributed by atoms with Crippen molar-refractivity contribution in [3.8, 4) is 0 Å². The summed E-state index contributed by atoms with van der Waals surface area (Å²) in [5.41, 5.74) is 2.25. The van der Waals surface area contributed by atoms with Crippen LogP contribution in [0.5, 0.6) is 0 Å². The normalized spacial score (nSPS) is 12.4. The molecule has 0 saturated heterocycles. The molecule has 1 nitrogen and oxygen atoms in total. The molecule has 0 saturated carbocycles. The van der Waals surface area contributed by atoms with Crippen molar-refractivity contribution in [2.75, 3.05) is 0 Å². The lowest BCUT2D eigenvalue weighted by Crippen LogP contribution is -2.09. The molecule has 0 radical (unpaired) electrons. The third-order valence-corrected chi connectivity index (χ3v) is 2.07. The zero-order valence-electron chi connectivity index (χ0n) is 9.13. The monoisotopic (exact) mass is 209 g/mol. The van der Waals surface area contributed by atoms with Gasteiger partial charge in [-0.15, -0.1) is 0 Å². The van der Waals surface area contributed by atoms with Gasteiger partial charge in [0.25, 0.3) is 0 Å². The van der Waals surface area contributed by atoms with Crippen LogP contribution in [-0.4, -0.2) is 11.8 Å².